The molecule has 2 aromatic carbocycles. The first-order chi connectivity index (χ1) is 14.7. The lowest BCUT2D eigenvalue weighted by atomic mass is 10.1. The molecule has 0 aromatic heterocycles. The largest absolute Gasteiger partial charge is 0.497 e. The van der Waals surface area contributed by atoms with E-state index in [0.717, 1.165) is 49.3 Å². The Morgan fingerprint density at radius 1 is 1.03 bits per heavy atom. The average Bonchev–Trinajstić information content (AvgIpc) is 3.28. The zero-order chi connectivity index (χ0) is 21.2. The molecule has 8 heteroatoms. The van der Waals surface area contributed by atoms with Gasteiger partial charge in [-0.1, -0.05) is 6.07 Å². The Labute approximate surface area is 202 Å². The van der Waals surface area contributed by atoms with Crippen molar-refractivity contribution in [3.8, 4) is 17.2 Å². The number of aliphatic imine (C=N–C) groups is 1. The van der Waals surface area contributed by atoms with Crippen LogP contribution in [0.4, 0.5) is 5.69 Å². The summed E-state index contributed by atoms with van der Waals surface area (Å²) in [6, 6.07) is 15.8. The molecule has 2 N–H and O–H groups in total. The molecule has 2 aromatic rings. The van der Waals surface area contributed by atoms with Gasteiger partial charge in [0.05, 0.1) is 20.8 Å². The van der Waals surface area contributed by atoms with Crippen molar-refractivity contribution in [1.29, 1.82) is 0 Å². The molecule has 1 aliphatic heterocycles. The van der Waals surface area contributed by atoms with Gasteiger partial charge < -0.3 is 29.7 Å². The summed E-state index contributed by atoms with van der Waals surface area (Å²) >= 11 is 0. The predicted molar refractivity (Wildman–Crippen MR) is 137 cm³/mol. The lowest BCUT2D eigenvalue weighted by Gasteiger charge is -2.20. The van der Waals surface area contributed by atoms with Crippen molar-refractivity contribution < 1.29 is 14.2 Å². The first kappa shape index (κ1) is 24.9. The number of methoxy groups -OCH3 is 2. The third-order valence-corrected chi connectivity index (χ3v) is 5.21. The van der Waals surface area contributed by atoms with E-state index in [0.29, 0.717) is 19.1 Å². The standard InChI is InChI=1S/C23H32N4O3.HI/c1-24-23(25-12-14-30-21-9-7-20(28-2)8-10-21)26-16-18-11-13-27(17-18)19-5-4-6-22(15-19)29-3;/h4-10,15,18H,11-14,16-17H2,1-3H3,(H2,24,25,26);1H. The second kappa shape index (κ2) is 13.1. The molecule has 170 valence electrons. The highest BCUT2D eigenvalue weighted by Gasteiger charge is 2.23. The van der Waals surface area contributed by atoms with Gasteiger partial charge in [0.1, 0.15) is 23.9 Å². The molecule has 1 fully saturated rings. The van der Waals surface area contributed by atoms with Crippen molar-refractivity contribution in [2.24, 2.45) is 10.9 Å². The maximum absolute atomic E-state index is 5.74. The van der Waals surface area contributed by atoms with Gasteiger partial charge in [-0.25, -0.2) is 0 Å². The topological polar surface area (TPSA) is 67.4 Å². The SMILES string of the molecule is CN=C(NCCOc1ccc(OC)cc1)NCC1CCN(c2cccc(OC)c2)C1.I. The van der Waals surface area contributed by atoms with Gasteiger partial charge >= 0.3 is 0 Å². The van der Waals surface area contributed by atoms with E-state index in [2.05, 4.69) is 32.7 Å². The van der Waals surface area contributed by atoms with E-state index in [-0.39, 0.29) is 24.0 Å². The van der Waals surface area contributed by atoms with E-state index in [1.54, 1.807) is 21.3 Å². The number of anilines is 1. The molecule has 1 heterocycles. The minimum absolute atomic E-state index is 0. The molecule has 7 nitrogen and oxygen atoms in total. The minimum Gasteiger partial charge on any atom is -0.497 e. The van der Waals surface area contributed by atoms with Gasteiger partial charge in [0.2, 0.25) is 0 Å². The molecule has 0 radical (unpaired) electrons. The Balaban J connectivity index is 0.00000341. The Morgan fingerprint density at radius 2 is 1.77 bits per heavy atom. The summed E-state index contributed by atoms with van der Waals surface area (Å²) in [5, 5.41) is 6.74. The fraction of sp³-hybridized carbons (Fsp3) is 0.435. The van der Waals surface area contributed by atoms with Crippen LogP contribution in [0, 0.1) is 5.92 Å². The van der Waals surface area contributed by atoms with Crippen LogP contribution in [-0.4, -0.2) is 60.0 Å². The quantitative estimate of drug-likeness (QED) is 0.220. The van der Waals surface area contributed by atoms with Gasteiger partial charge in [0.25, 0.3) is 0 Å². The van der Waals surface area contributed by atoms with Crippen molar-refractivity contribution in [2.75, 3.05) is 59.0 Å². The molecule has 1 unspecified atom stereocenters. The highest BCUT2D eigenvalue weighted by Crippen LogP contribution is 2.26. The first-order valence-electron chi connectivity index (χ1n) is 10.3. The number of rotatable bonds is 9. The van der Waals surface area contributed by atoms with Crippen LogP contribution in [0.15, 0.2) is 53.5 Å². The molecule has 31 heavy (non-hydrogen) atoms. The zero-order valence-electron chi connectivity index (χ0n) is 18.5. The van der Waals surface area contributed by atoms with E-state index in [4.69, 9.17) is 14.2 Å². The van der Waals surface area contributed by atoms with Crippen LogP contribution >= 0.6 is 24.0 Å². The zero-order valence-corrected chi connectivity index (χ0v) is 20.8. The third kappa shape index (κ3) is 7.68. The molecular weight excluding hydrogens is 507 g/mol. The van der Waals surface area contributed by atoms with E-state index < -0.39 is 0 Å². The fourth-order valence-corrected chi connectivity index (χ4v) is 3.51. The van der Waals surface area contributed by atoms with Gasteiger partial charge in [0.15, 0.2) is 5.96 Å². The number of halogens is 1. The highest BCUT2D eigenvalue weighted by atomic mass is 127. The third-order valence-electron chi connectivity index (χ3n) is 5.21. The van der Waals surface area contributed by atoms with E-state index in [1.165, 1.54) is 5.69 Å². The summed E-state index contributed by atoms with van der Waals surface area (Å²) in [5.74, 6) is 3.92. The van der Waals surface area contributed by atoms with E-state index in [1.807, 2.05) is 36.4 Å². The molecule has 0 saturated carbocycles. The second-order valence-corrected chi connectivity index (χ2v) is 7.21. The van der Waals surface area contributed by atoms with Gasteiger partial charge in [-0.15, -0.1) is 24.0 Å². The number of ether oxygens (including phenoxy) is 3. The van der Waals surface area contributed by atoms with Crippen molar-refractivity contribution >= 4 is 35.6 Å². The molecule has 1 saturated heterocycles. The predicted octanol–water partition coefficient (Wildman–Crippen LogP) is 3.39. The van der Waals surface area contributed by atoms with Crippen molar-refractivity contribution in [3.63, 3.8) is 0 Å². The van der Waals surface area contributed by atoms with Gasteiger partial charge in [-0.3, -0.25) is 4.99 Å². The fourth-order valence-electron chi connectivity index (χ4n) is 3.51. The van der Waals surface area contributed by atoms with Gasteiger partial charge in [-0.05, 0) is 48.7 Å². The van der Waals surface area contributed by atoms with Crippen LogP contribution in [0.1, 0.15) is 6.42 Å². The van der Waals surface area contributed by atoms with Crippen molar-refractivity contribution in [2.45, 2.75) is 6.42 Å². The Hall–Kier alpha value is -2.36. The van der Waals surface area contributed by atoms with Crippen LogP contribution < -0.4 is 29.7 Å². The highest BCUT2D eigenvalue weighted by molar-refractivity contribution is 14.0. The Morgan fingerprint density at radius 3 is 2.48 bits per heavy atom. The summed E-state index contributed by atoms with van der Waals surface area (Å²) in [7, 11) is 5.15. The van der Waals surface area contributed by atoms with Crippen molar-refractivity contribution in [1.82, 2.24) is 10.6 Å². The van der Waals surface area contributed by atoms with Crippen LogP contribution in [0.2, 0.25) is 0 Å². The summed E-state index contributed by atoms with van der Waals surface area (Å²) in [6.45, 7) is 4.20. The maximum atomic E-state index is 5.74. The normalized spacial score (nSPS) is 15.8. The molecule has 1 atom stereocenters. The Kier molecular flexibility index (Phi) is 10.6. The molecule has 0 amide bonds. The molecule has 1 aliphatic rings. The monoisotopic (exact) mass is 540 g/mol. The molecular formula is C23H33IN4O3. The summed E-state index contributed by atoms with van der Waals surface area (Å²) in [5.41, 5.74) is 1.22. The van der Waals surface area contributed by atoms with Crippen molar-refractivity contribution in [3.05, 3.63) is 48.5 Å². The Bertz CT molecular complexity index is 817. The van der Waals surface area contributed by atoms with Crippen LogP contribution in [0.5, 0.6) is 17.2 Å². The second-order valence-electron chi connectivity index (χ2n) is 7.21. The average molecular weight is 540 g/mol. The summed E-state index contributed by atoms with van der Waals surface area (Å²) in [4.78, 5) is 6.72. The lowest BCUT2D eigenvalue weighted by molar-refractivity contribution is 0.321. The summed E-state index contributed by atoms with van der Waals surface area (Å²) in [6.07, 6.45) is 1.15. The first-order valence-corrected chi connectivity index (χ1v) is 10.3. The number of benzene rings is 2. The number of nitrogens with one attached hydrogen (secondary N) is 2. The number of hydrogen-bond acceptors (Lipinski definition) is 5. The molecule has 0 bridgehead atoms. The van der Waals surface area contributed by atoms with Crippen LogP contribution in [-0.2, 0) is 0 Å². The van der Waals surface area contributed by atoms with Gasteiger partial charge in [-0.2, -0.15) is 0 Å². The molecule has 0 aliphatic carbocycles. The molecule has 3 rings (SSSR count). The molecule has 0 spiro atoms. The van der Waals surface area contributed by atoms with E-state index >= 15 is 0 Å². The van der Waals surface area contributed by atoms with Gasteiger partial charge in [0, 0.05) is 38.4 Å². The smallest absolute Gasteiger partial charge is 0.191 e. The van der Waals surface area contributed by atoms with Crippen LogP contribution in [0.25, 0.3) is 0 Å². The van der Waals surface area contributed by atoms with E-state index in [9.17, 15) is 0 Å². The minimum atomic E-state index is 0. The number of hydrogen-bond donors (Lipinski definition) is 2. The number of guanidine groups is 1. The maximum Gasteiger partial charge on any atom is 0.191 e. The lowest BCUT2D eigenvalue weighted by Crippen LogP contribution is -2.41. The summed E-state index contributed by atoms with van der Waals surface area (Å²) < 4.78 is 16.2. The number of nitrogens with zero attached hydrogens (tertiary/aromatic N) is 2. The van der Waals surface area contributed by atoms with Crippen LogP contribution in [0.3, 0.4) is 0 Å².